The molecule has 1 aromatic heterocycles. The lowest BCUT2D eigenvalue weighted by Gasteiger charge is -2.18. The largest absolute Gasteiger partial charge is 0.331 e. The van der Waals surface area contributed by atoms with E-state index in [4.69, 9.17) is 4.98 Å². The molecule has 1 unspecified atom stereocenters. The van der Waals surface area contributed by atoms with Crippen molar-refractivity contribution < 1.29 is 0 Å². The summed E-state index contributed by atoms with van der Waals surface area (Å²) in [5.74, 6) is 2.01. The lowest BCUT2D eigenvalue weighted by Crippen LogP contribution is -2.30. The van der Waals surface area contributed by atoms with Gasteiger partial charge < -0.3 is 9.88 Å². The molecule has 1 aliphatic rings. The Morgan fingerprint density at radius 3 is 2.65 bits per heavy atom. The second-order valence-corrected chi connectivity index (χ2v) is 6.74. The minimum absolute atomic E-state index is 0.622. The number of fused-ring (bicyclic) bond motifs is 1. The van der Waals surface area contributed by atoms with Crippen LogP contribution in [0.25, 0.3) is 0 Å². The van der Waals surface area contributed by atoms with E-state index >= 15 is 0 Å². The van der Waals surface area contributed by atoms with Crippen molar-refractivity contribution >= 4 is 0 Å². The van der Waals surface area contributed by atoms with Gasteiger partial charge in [-0.3, -0.25) is 0 Å². The number of nitrogens with zero attached hydrogens (tertiary/aromatic N) is 2. The molecular weight excluding hydrogens is 246 g/mol. The molecular formula is C17H31N3. The van der Waals surface area contributed by atoms with Crippen LogP contribution in [-0.2, 0) is 19.4 Å². The van der Waals surface area contributed by atoms with Crippen LogP contribution in [-0.4, -0.2) is 22.1 Å². The zero-order valence-corrected chi connectivity index (χ0v) is 13.7. The summed E-state index contributed by atoms with van der Waals surface area (Å²) in [6.07, 6.45) is 7.64. The maximum absolute atomic E-state index is 4.74. The first-order valence-corrected chi connectivity index (χ1v) is 8.36. The van der Waals surface area contributed by atoms with Gasteiger partial charge in [0.1, 0.15) is 5.82 Å². The van der Waals surface area contributed by atoms with Crippen LogP contribution in [0.1, 0.15) is 63.7 Å². The Balaban J connectivity index is 1.81. The molecule has 1 atom stereocenters. The molecule has 1 N–H and O–H groups in total. The van der Waals surface area contributed by atoms with Crippen molar-refractivity contribution in [2.75, 3.05) is 6.54 Å². The van der Waals surface area contributed by atoms with E-state index in [9.17, 15) is 0 Å². The number of aryl methyl sites for hydroxylation is 2. The highest BCUT2D eigenvalue weighted by Gasteiger charge is 2.17. The third kappa shape index (κ3) is 4.08. The zero-order chi connectivity index (χ0) is 14.5. The number of nitrogens with one attached hydrogen (secondary N) is 1. The Morgan fingerprint density at radius 1 is 1.15 bits per heavy atom. The highest BCUT2D eigenvalue weighted by Crippen LogP contribution is 2.21. The second-order valence-electron chi connectivity index (χ2n) is 6.74. The van der Waals surface area contributed by atoms with Crippen molar-refractivity contribution in [3.05, 3.63) is 17.2 Å². The molecule has 0 aliphatic heterocycles. The number of aromatic nitrogens is 2. The zero-order valence-electron chi connectivity index (χ0n) is 13.7. The van der Waals surface area contributed by atoms with Crippen molar-refractivity contribution in [2.24, 2.45) is 5.92 Å². The molecule has 0 saturated heterocycles. The van der Waals surface area contributed by atoms with Crippen LogP contribution in [0.3, 0.4) is 0 Å². The van der Waals surface area contributed by atoms with Gasteiger partial charge in [-0.1, -0.05) is 13.8 Å². The number of imidazole rings is 1. The van der Waals surface area contributed by atoms with Crippen LogP contribution >= 0.6 is 0 Å². The van der Waals surface area contributed by atoms with Crippen molar-refractivity contribution in [1.29, 1.82) is 0 Å². The molecule has 0 radical (unpaired) electrons. The van der Waals surface area contributed by atoms with Gasteiger partial charge >= 0.3 is 0 Å². The second kappa shape index (κ2) is 7.26. The average molecular weight is 277 g/mol. The fourth-order valence-electron chi connectivity index (χ4n) is 3.14. The summed E-state index contributed by atoms with van der Waals surface area (Å²) in [4.78, 5) is 4.74. The summed E-state index contributed by atoms with van der Waals surface area (Å²) in [5, 5.41) is 3.66. The summed E-state index contributed by atoms with van der Waals surface area (Å²) < 4.78 is 2.44. The molecule has 3 nitrogen and oxygen atoms in total. The van der Waals surface area contributed by atoms with Gasteiger partial charge in [-0.05, 0) is 58.3 Å². The van der Waals surface area contributed by atoms with E-state index in [1.165, 1.54) is 55.7 Å². The van der Waals surface area contributed by atoms with Gasteiger partial charge in [-0.25, -0.2) is 4.98 Å². The number of rotatable bonds is 7. The number of hydrogen-bond donors (Lipinski definition) is 1. The van der Waals surface area contributed by atoms with E-state index in [1.807, 2.05) is 0 Å². The highest BCUT2D eigenvalue weighted by atomic mass is 15.1. The van der Waals surface area contributed by atoms with Crippen LogP contribution in [0.15, 0.2) is 0 Å². The van der Waals surface area contributed by atoms with Gasteiger partial charge in [0, 0.05) is 24.8 Å². The Kier molecular flexibility index (Phi) is 5.64. The first-order valence-electron chi connectivity index (χ1n) is 8.36. The van der Waals surface area contributed by atoms with Gasteiger partial charge in [0.2, 0.25) is 0 Å². The Bertz CT molecular complexity index is 420. The van der Waals surface area contributed by atoms with Crippen LogP contribution in [0.2, 0.25) is 0 Å². The molecule has 1 heterocycles. The summed E-state index contributed by atoms with van der Waals surface area (Å²) in [6.45, 7) is 11.2. The normalized spacial score (nSPS) is 16.4. The lowest BCUT2D eigenvalue weighted by molar-refractivity contribution is 0.437. The molecule has 0 amide bonds. The Labute approximate surface area is 124 Å². The highest BCUT2D eigenvalue weighted by molar-refractivity contribution is 5.19. The van der Waals surface area contributed by atoms with E-state index < -0.39 is 0 Å². The van der Waals surface area contributed by atoms with Gasteiger partial charge in [0.25, 0.3) is 0 Å². The molecule has 114 valence electrons. The van der Waals surface area contributed by atoms with Crippen molar-refractivity contribution in [3.8, 4) is 0 Å². The van der Waals surface area contributed by atoms with Gasteiger partial charge in [-0.2, -0.15) is 0 Å². The maximum atomic E-state index is 4.74. The summed E-state index contributed by atoms with van der Waals surface area (Å²) >= 11 is 0. The monoisotopic (exact) mass is 277 g/mol. The molecule has 20 heavy (non-hydrogen) atoms. The van der Waals surface area contributed by atoms with Crippen molar-refractivity contribution in [1.82, 2.24) is 14.9 Å². The van der Waals surface area contributed by atoms with Gasteiger partial charge in [0.05, 0.1) is 5.69 Å². The van der Waals surface area contributed by atoms with Crippen LogP contribution < -0.4 is 5.32 Å². The topological polar surface area (TPSA) is 29.9 Å². The summed E-state index contributed by atoms with van der Waals surface area (Å²) in [6, 6.07) is 0.622. The third-order valence-corrected chi connectivity index (χ3v) is 4.43. The SMILES string of the molecule is Cc1nc2c(n1CCNC(C)CCC(C)C)CCCC2. The Hall–Kier alpha value is -0.830. The van der Waals surface area contributed by atoms with Gasteiger partial charge in [-0.15, -0.1) is 0 Å². The summed E-state index contributed by atoms with van der Waals surface area (Å²) in [5.41, 5.74) is 2.87. The fraction of sp³-hybridized carbons (Fsp3) is 0.824. The molecule has 0 saturated carbocycles. The van der Waals surface area contributed by atoms with Crippen molar-refractivity contribution in [2.45, 2.75) is 78.8 Å². The predicted molar refractivity (Wildman–Crippen MR) is 85.1 cm³/mol. The minimum atomic E-state index is 0.622. The summed E-state index contributed by atoms with van der Waals surface area (Å²) in [7, 11) is 0. The van der Waals surface area contributed by atoms with Crippen molar-refractivity contribution in [3.63, 3.8) is 0 Å². The third-order valence-electron chi connectivity index (χ3n) is 4.43. The van der Waals surface area contributed by atoms with Crippen LogP contribution in [0.5, 0.6) is 0 Å². The van der Waals surface area contributed by atoms with E-state index in [2.05, 4.69) is 37.6 Å². The molecule has 1 aromatic rings. The molecule has 1 aliphatic carbocycles. The van der Waals surface area contributed by atoms with E-state index in [-0.39, 0.29) is 0 Å². The van der Waals surface area contributed by atoms with Gasteiger partial charge in [0.15, 0.2) is 0 Å². The van der Waals surface area contributed by atoms with E-state index in [1.54, 1.807) is 0 Å². The molecule has 0 bridgehead atoms. The molecule has 0 aromatic carbocycles. The first-order chi connectivity index (χ1) is 9.58. The standard InChI is InChI=1S/C17H31N3/c1-13(2)9-10-14(3)18-11-12-20-15(4)19-16-7-5-6-8-17(16)20/h13-14,18H,5-12H2,1-4H3. The van der Waals surface area contributed by atoms with Crippen LogP contribution in [0.4, 0.5) is 0 Å². The van der Waals surface area contributed by atoms with Crippen LogP contribution in [0, 0.1) is 12.8 Å². The molecule has 0 fully saturated rings. The predicted octanol–water partition coefficient (Wildman–Crippen LogP) is 3.48. The van der Waals surface area contributed by atoms with E-state index in [0.29, 0.717) is 6.04 Å². The smallest absolute Gasteiger partial charge is 0.106 e. The first kappa shape index (κ1) is 15.6. The Morgan fingerprint density at radius 2 is 1.90 bits per heavy atom. The van der Waals surface area contributed by atoms with E-state index in [0.717, 1.165) is 19.0 Å². The molecule has 2 rings (SSSR count). The quantitative estimate of drug-likeness (QED) is 0.827. The number of hydrogen-bond acceptors (Lipinski definition) is 2. The minimum Gasteiger partial charge on any atom is -0.331 e. The maximum Gasteiger partial charge on any atom is 0.106 e. The molecule has 3 heteroatoms. The lowest BCUT2D eigenvalue weighted by atomic mass is 10.0. The molecule has 0 spiro atoms. The fourth-order valence-corrected chi connectivity index (χ4v) is 3.14. The average Bonchev–Trinajstić information content (AvgIpc) is 2.73.